The van der Waals surface area contributed by atoms with Gasteiger partial charge in [-0.1, -0.05) is 24.3 Å². The van der Waals surface area contributed by atoms with E-state index < -0.39 is 0 Å². The lowest BCUT2D eigenvalue weighted by molar-refractivity contribution is 0.184. The van der Waals surface area contributed by atoms with E-state index in [0.29, 0.717) is 12.5 Å². The Labute approximate surface area is 78.3 Å². The Kier molecular flexibility index (Phi) is 4.12. The maximum absolute atomic E-state index is 5.67. The molecule has 0 aliphatic heterocycles. The number of halogens is 1. The summed E-state index contributed by atoms with van der Waals surface area (Å²) < 4.78 is 5.07. The van der Waals surface area contributed by atoms with Gasteiger partial charge < -0.3 is 4.74 Å². The first-order valence-electron chi connectivity index (χ1n) is 4.00. The number of hydrogen-bond acceptors (Lipinski definition) is 1. The summed E-state index contributed by atoms with van der Waals surface area (Å²) in [6, 6.07) is 8.22. The monoisotopic (exact) mass is 184 g/mol. The lowest BCUT2D eigenvalue weighted by Gasteiger charge is -2.05. The molecule has 12 heavy (non-hydrogen) atoms. The van der Waals surface area contributed by atoms with E-state index in [1.54, 1.807) is 7.11 Å². The Morgan fingerprint density at radius 3 is 2.50 bits per heavy atom. The zero-order valence-electron chi connectivity index (χ0n) is 7.22. The van der Waals surface area contributed by atoms with Crippen molar-refractivity contribution in [2.45, 2.75) is 13.0 Å². The van der Waals surface area contributed by atoms with Crippen LogP contribution in [0.15, 0.2) is 24.3 Å². The van der Waals surface area contributed by atoms with Gasteiger partial charge in [0, 0.05) is 13.0 Å². The van der Waals surface area contributed by atoms with E-state index in [9.17, 15) is 0 Å². The molecule has 0 atom stereocenters. The second-order valence-electron chi connectivity index (χ2n) is 2.64. The van der Waals surface area contributed by atoms with E-state index >= 15 is 0 Å². The van der Waals surface area contributed by atoms with Gasteiger partial charge >= 0.3 is 0 Å². The lowest BCUT2D eigenvalue weighted by atomic mass is 10.1. The zero-order chi connectivity index (χ0) is 8.81. The van der Waals surface area contributed by atoms with Crippen LogP contribution in [-0.2, 0) is 17.8 Å². The number of rotatable bonds is 4. The van der Waals surface area contributed by atoms with E-state index in [2.05, 4.69) is 12.1 Å². The highest BCUT2D eigenvalue weighted by Gasteiger charge is 1.99. The SMILES string of the molecule is COCc1ccccc1CCCl. The second kappa shape index (κ2) is 5.18. The number of benzene rings is 1. The van der Waals surface area contributed by atoms with E-state index in [-0.39, 0.29) is 0 Å². The maximum atomic E-state index is 5.67. The van der Waals surface area contributed by atoms with Crippen molar-refractivity contribution >= 4 is 11.6 Å². The fourth-order valence-electron chi connectivity index (χ4n) is 1.20. The van der Waals surface area contributed by atoms with Crippen molar-refractivity contribution in [3.8, 4) is 0 Å². The molecule has 0 bridgehead atoms. The molecule has 1 aromatic rings. The number of ether oxygens (including phenoxy) is 1. The molecular weight excluding hydrogens is 172 g/mol. The van der Waals surface area contributed by atoms with Gasteiger partial charge in [-0.2, -0.15) is 0 Å². The molecule has 0 saturated heterocycles. The Morgan fingerprint density at radius 2 is 1.92 bits per heavy atom. The third-order valence-corrected chi connectivity index (χ3v) is 1.97. The van der Waals surface area contributed by atoms with Gasteiger partial charge in [0.2, 0.25) is 0 Å². The molecule has 66 valence electrons. The zero-order valence-corrected chi connectivity index (χ0v) is 7.97. The summed E-state index contributed by atoms with van der Waals surface area (Å²) >= 11 is 5.67. The van der Waals surface area contributed by atoms with Crippen LogP contribution in [0.4, 0.5) is 0 Å². The topological polar surface area (TPSA) is 9.23 Å². The van der Waals surface area contributed by atoms with Gasteiger partial charge in [-0.3, -0.25) is 0 Å². The van der Waals surface area contributed by atoms with Crippen molar-refractivity contribution in [3.05, 3.63) is 35.4 Å². The fraction of sp³-hybridized carbons (Fsp3) is 0.400. The molecule has 1 rings (SSSR count). The summed E-state index contributed by atoms with van der Waals surface area (Å²) in [6.45, 7) is 0.674. The number of methoxy groups -OCH3 is 1. The summed E-state index contributed by atoms with van der Waals surface area (Å²) in [6.07, 6.45) is 0.918. The van der Waals surface area contributed by atoms with Crippen molar-refractivity contribution in [2.75, 3.05) is 13.0 Å². The first-order chi connectivity index (χ1) is 5.88. The van der Waals surface area contributed by atoms with Crippen LogP contribution < -0.4 is 0 Å². The highest BCUT2D eigenvalue weighted by Crippen LogP contribution is 2.10. The third kappa shape index (κ3) is 2.50. The summed E-state index contributed by atoms with van der Waals surface area (Å²) in [4.78, 5) is 0. The standard InChI is InChI=1S/C10H13ClO/c1-12-8-10-5-3-2-4-9(10)6-7-11/h2-5H,6-8H2,1H3. The normalized spacial score (nSPS) is 10.2. The first kappa shape index (κ1) is 9.56. The summed E-state index contributed by atoms with van der Waals surface area (Å²) in [5, 5.41) is 0. The number of alkyl halides is 1. The van der Waals surface area contributed by atoms with Gasteiger partial charge in [-0.15, -0.1) is 11.6 Å². The second-order valence-corrected chi connectivity index (χ2v) is 3.02. The molecule has 0 N–H and O–H groups in total. The molecule has 0 unspecified atom stereocenters. The molecular formula is C10H13ClO. The predicted octanol–water partition coefficient (Wildman–Crippen LogP) is 2.61. The minimum Gasteiger partial charge on any atom is -0.380 e. The van der Waals surface area contributed by atoms with Gasteiger partial charge in [-0.25, -0.2) is 0 Å². The molecule has 0 spiro atoms. The van der Waals surface area contributed by atoms with E-state index in [0.717, 1.165) is 6.42 Å². The molecule has 0 aliphatic carbocycles. The fourth-order valence-corrected chi connectivity index (χ4v) is 1.40. The molecule has 0 heterocycles. The predicted molar refractivity (Wildman–Crippen MR) is 51.6 cm³/mol. The van der Waals surface area contributed by atoms with Crippen LogP contribution in [-0.4, -0.2) is 13.0 Å². The van der Waals surface area contributed by atoms with Crippen molar-refractivity contribution in [1.29, 1.82) is 0 Å². The third-order valence-electron chi connectivity index (χ3n) is 1.78. The molecule has 0 fully saturated rings. The molecule has 0 saturated carbocycles. The molecule has 2 heteroatoms. The summed E-state index contributed by atoms with van der Waals surface area (Å²) in [7, 11) is 1.71. The lowest BCUT2D eigenvalue weighted by Crippen LogP contribution is -1.96. The summed E-state index contributed by atoms with van der Waals surface area (Å²) in [5.74, 6) is 0.667. The van der Waals surface area contributed by atoms with Crippen molar-refractivity contribution in [3.63, 3.8) is 0 Å². The molecule has 1 nitrogen and oxygen atoms in total. The highest BCUT2D eigenvalue weighted by molar-refractivity contribution is 6.18. The van der Waals surface area contributed by atoms with Crippen LogP contribution in [0.2, 0.25) is 0 Å². The highest BCUT2D eigenvalue weighted by atomic mass is 35.5. The molecule has 0 radical (unpaired) electrons. The number of hydrogen-bond donors (Lipinski definition) is 0. The number of aryl methyl sites for hydroxylation is 1. The minimum atomic E-state index is 0.667. The van der Waals surface area contributed by atoms with Crippen LogP contribution in [0, 0.1) is 0 Å². The Bertz CT molecular complexity index is 210. The largest absolute Gasteiger partial charge is 0.380 e. The van der Waals surface area contributed by atoms with Crippen molar-refractivity contribution in [2.24, 2.45) is 0 Å². The van der Waals surface area contributed by atoms with Gasteiger partial charge in [0.15, 0.2) is 0 Å². The van der Waals surface area contributed by atoms with E-state index in [4.69, 9.17) is 16.3 Å². The van der Waals surface area contributed by atoms with Crippen LogP contribution in [0.3, 0.4) is 0 Å². The van der Waals surface area contributed by atoms with Gasteiger partial charge in [-0.05, 0) is 17.5 Å². The van der Waals surface area contributed by atoms with Gasteiger partial charge in [0.05, 0.1) is 6.61 Å². The van der Waals surface area contributed by atoms with Gasteiger partial charge in [0.25, 0.3) is 0 Å². The molecule has 0 amide bonds. The average Bonchev–Trinajstić information content (AvgIpc) is 2.09. The Morgan fingerprint density at radius 1 is 1.25 bits per heavy atom. The Balaban J connectivity index is 2.77. The Hall–Kier alpha value is -0.530. The van der Waals surface area contributed by atoms with E-state index in [1.165, 1.54) is 11.1 Å². The maximum Gasteiger partial charge on any atom is 0.0715 e. The molecule has 1 aromatic carbocycles. The van der Waals surface area contributed by atoms with Crippen LogP contribution in [0.5, 0.6) is 0 Å². The average molecular weight is 185 g/mol. The van der Waals surface area contributed by atoms with Gasteiger partial charge in [0.1, 0.15) is 0 Å². The molecule has 0 aliphatic rings. The van der Waals surface area contributed by atoms with Crippen LogP contribution in [0.1, 0.15) is 11.1 Å². The summed E-state index contributed by atoms with van der Waals surface area (Å²) in [5.41, 5.74) is 2.52. The van der Waals surface area contributed by atoms with E-state index in [1.807, 2.05) is 12.1 Å². The van der Waals surface area contributed by atoms with Crippen molar-refractivity contribution < 1.29 is 4.74 Å². The smallest absolute Gasteiger partial charge is 0.0715 e. The van der Waals surface area contributed by atoms with Crippen molar-refractivity contribution in [1.82, 2.24) is 0 Å². The van der Waals surface area contributed by atoms with Crippen LogP contribution >= 0.6 is 11.6 Å². The first-order valence-corrected chi connectivity index (χ1v) is 4.53. The quantitative estimate of drug-likeness (QED) is 0.654. The van der Waals surface area contributed by atoms with Crippen LogP contribution in [0.25, 0.3) is 0 Å². The minimum absolute atomic E-state index is 0.667. The molecule has 0 aromatic heterocycles.